The molecule has 6 heteroatoms. The Morgan fingerprint density at radius 1 is 1.32 bits per heavy atom. The van der Waals surface area contributed by atoms with Crippen molar-refractivity contribution in [2.75, 3.05) is 19.6 Å². The van der Waals surface area contributed by atoms with Gasteiger partial charge in [-0.1, -0.05) is 43.1 Å². The summed E-state index contributed by atoms with van der Waals surface area (Å²) in [5.41, 5.74) is 0.862. The Bertz CT molecular complexity index is 986. The van der Waals surface area contributed by atoms with E-state index in [-0.39, 0.29) is 5.91 Å². The highest BCUT2D eigenvalue weighted by atomic mass is 35.5. The molecule has 1 fully saturated rings. The third-order valence-electron chi connectivity index (χ3n) is 5.67. The number of likely N-dealkylation sites (tertiary alicyclic amines) is 1. The lowest BCUT2D eigenvalue weighted by Gasteiger charge is -2.35. The number of amides is 1. The molecule has 0 aliphatic carbocycles. The topological polar surface area (TPSA) is 45.2 Å². The van der Waals surface area contributed by atoms with E-state index in [1.165, 1.54) is 43.6 Å². The summed E-state index contributed by atoms with van der Waals surface area (Å²) in [5, 5.41) is 5.44. The van der Waals surface area contributed by atoms with Crippen molar-refractivity contribution in [3.63, 3.8) is 0 Å². The summed E-state index contributed by atoms with van der Waals surface area (Å²) in [5.74, 6) is -0.0213. The molecule has 1 saturated heterocycles. The van der Waals surface area contributed by atoms with Crippen molar-refractivity contribution in [1.29, 1.82) is 0 Å². The summed E-state index contributed by atoms with van der Waals surface area (Å²) in [6.07, 6.45) is 6.17. The van der Waals surface area contributed by atoms with Gasteiger partial charge in [-0.15, -0.1) is 11.3 Å². The first-order valence-electron chi connectivity index (χ1n) is 10.2. The number of benzene rings is 1. The number of nitrogens with zero attached hydrogens (tertiary/aromatic N) is 2. The Kier molecular flexibility index (Phi) is 6.14. The predicted molar refractivity (Wildman–Crippen MR) is 119 cm³/mol. The fourth-order valence-electron chi connectivity index (χ4n) is 4.17. The molecule has 28 heavy (non-hydrogen) atoms. The predicted octanol–water partition coefficient (Wildman–Crippen LogP) is 5.49. The molecule has 0 bridgehead atoms. The number of aromatic nitrogens is 1. The molecule has 4 rings (SSSR count). The van der Waals surface area contributed by atoms with Gasteiger partial charge in [0.25, 0.3) is 5.91 Å². The van der Waals surface area contributed by atoms with Crippen molar-refractivity contribution in [3.8, 4) is 0 Å². The van der Waals surface area contributed by atoms with Crippen LogP contribution in [0.1, 0.15) is 48.7 Å². The SMILES string of the molecule is CCC1CCCCN1CCCNC(=O)c1cc2c(Cl)nc3ccccc3c2s1. The molecule has 0 radical (unpaired) electrons. The Labute approximate surface area is 174 Å². The lowest BCUT2D eigenvalue weighted by molar-refractivity contribution is 0.0951. The lowest BCUT2D eigenvalue weighted by Crippen LogP contribution is -2.40. The van der Waals surface area contributed by atoms with E-state index in [0.29, 0.717) is 16.6 Å². The summed E-state index contributed by atoms with van der Waals surface area (Å²) in [6.45, 7) is 5.23. The van der Waals surface area contributed by atoms with Crippen LogP contribution in [0.15, 0.2) is 30.3 Å². The second-order valence-corrected chi connectivity index (χ2v) is 8.89. The molecule has 0 spiro atoms. The van der Waals surface area contributed by atoms with Gasteiger partial charge in [0.05, 0.1) is 10.4 Å². The molecular formula is C22H26ClN3OS. The quantitative estimate of drug-likeness (QED) is 0.427. The van der Waals surface area contributed by atoms with E-state index < -0.39 is 0 Å². The number of piperidine rings is 1. The second-order valence-electron chi connectivity index (χ2n) is 7.48. The number of thiophene rings is 1. The number of fused-ring (bicyclic) bond motifs is 3. The minimum atomic E-state index is -0.0213. The van der Waals surface area contributed by atoms with Crippen LogP contribution in [0.25, 0.3) is 21.0 Å². The van der Waals surface area contributed by atoms with Crippen LogP contribution in [-0.2, 0) is 0 Å². The first kappa shape index (κ1) is 19.6. The summed E-state index contributed by atoms with van der Waals surface area (Å²) in [6, 6.07) is 10.5. The normalized spacial score (nSPS) is 18.0. The second kappa shape index (κ2) is 8.76. The molecule has 3 heterocycles. The van der Waals surface area contributed by atoms with Crippen molar-refractivity contribution < 1.29 is 4.79 Å². The Hall–Kier alpha value is -1.69. The van der Waals surface area contributed by atoms with E-state index >= 15 is 0 Å². The number of rotatable bonds is 6. The summed E-state index contributed by atoms with van der Waals surface area (Å²) >= 11 is 7.84. The molecule has 148 valence electrons. The van der Waals surface area contributed by atoms with Crippen LogP contribution in [-0.4, -0.2) is 41.5 Å². The average molecular weight is 416 g/mol. The van der Waals surface area contributed by atoms with Crippen molar-refractivity contribution >= 4 is 49.8 Å². The maximum Gasteiger partial charge on any atom is 0.261 e. The zero-order valence-electron chi connectivity index (χ0n) is 16.2. The van der Waals surface area contributed by atoms with Crippen molar-refractivity contribution in [3.05, 3.63) is 40.4 Å². The Morgan fingerprint density at radius 3 is 3.04 bits per heavy atom. The van der Waals surface area contributed by atoms with Gasteiger partial charge in [-0.3, -0.25) is 4.79 Å². The molecule has 1 aliphatic heterocycles. The van der Waals surface area contributed by atoms with Crippen LogP contribution in [0.4, 0.5) is 0 Å². The molecule has 2 aromatic heterocycles. The van der Waals surface area contributed by atoms with E-state index in [0.717, 1.165) is 40.0 Å². The number of nitrogens with one attached hydrogen (secondary N) is 1. The number of carbonyl (C=O) groups is 1. The molecule has 1 amide bonds. The van der Waals surface area contributed by atoms with Crippen molar-refractivity contribution in [2.45, 2.75) is 45.1 Å². The van der Waals surface area contributed by atoms with Crippen LogP contribution >= 0.6 is 22.9 Å². The van der Waals surface area contributed by atoms with Gasteiger partial charge < -0.3 is 10.2 Å². The van der Waals surface area contributed by atoms with Crippen LogP contribution in [0.3, 0.4) is 0 Å². The van der Waals surface area contributed by atoms with E-state index in [4.69, 9.17) is 11.6 Å². The fourth-order valence-corrected chi connectivity index (χ4v) is 5.58. The minimum absolute atomic E-state index is 0.0213. The zero-order valence-corrected chi connectivity index (χ0v) is 17.8. The number of hydrogen-bond acceptors (Lipinski definition) is 4. The third-order valence-corrected chi connectivity index (χ3v) is 7.13. The highest BCUT2D eigenvalue weighted by Gasteiger charge is 2.20. The van der Waals surface area contributed by atoms with Gasteiger partial charge in [0.2, 0.25) is 0 Å². The van der Waals surface area contributed by atoms with Crippen LogP contribution in [0.5, 0.6) is 0 Å². The first-order valence-corrected chi connectivity index (χ1v) is 11.4. The Morgan fingerprint density at radius 2 is 2.18 bits per heavy atom. The summed E-state index contributed by atoms with van der Waals surface area (Å²) in [7, 11) is 0. The van der Waals surface area contributed by atoms with Crippen molar-refractivity contribution in [2.24, 2.45) is 0 Å². The smallest absolute Gasteiger partial charge is 0.261 e. The van der Waals surface area contributed by atoms with E-state index in [1.54, 1.807) is 0 Å². The van der Waals surface area contributed by atoms with Gasteiger partial charge in [-0.25, -0.2) is 4.98 Å². The molecule has 1 unspecified atom stereocenters. The maximum atomic E-state index is 12.7. The van der Waals surface area contributed by atoms with E-state index in [1.807, 2.05) is 30.3 Å². The van der Waals surface area contributed by atoms with Crippen LogP contribution < -0.4 is 5.32 Å². The highest BCUT2D eigenvalue weighted by molar-refractivity contribution is 7.21. The molecular weight excluding hydrogens is 390 g/mol. The largest absolute Gasteiger partial charge is 0.351 e. The van der Waals surface area contributed by atoms with Gasteiger partial charge in [0.1, 0.15) is 5.15 Å². The van der Waals surface area contributed by atoms with E-state index in [2.05, 4.69) is 22.1 Å². The standard InChI is InChI=1S/C22H26ClN3OS/c1-2-15-8-5-6-12-26(15)13-7-11-24-22(27)19-14-17-20(28-19)16-9-3-4-10-18(16)25-21(17)23/h3-4,9-10,14-15H,2,5-8,11-13H2,1H3,(H,24,27). The molecule has 1 N–H and O–H groups in total. The minimum Gasteiger partial charge on any atom is -0.351 e. The summed E-state index contributed by atoms with van der Waals surface area (Å²) in [4.78, 5) is 20.4. The molecule has 0 saturated carbocycles. The molecule has 1 aliphatic rings. The molecule has 1 atom stereocenters. The number of pyridine rings is 1. The average Bonchev–Trinajstić information content (AvgIpc) is 3.18. The molecule has 1 aromatic carbocycles. The number of hydrogen-bond donors (Lipinski definition) is 1. The maximum absolute atomic E-state index is 12.7. The van der Waals surface area contributed by atoms with Gasteiger partial charge >= 0.3 is 0 Å². The highest BCUT2D eigenvalue weighted by Crippen LogP contribution is 2.35. The fraction of sp³-hybridized carbons (Fsp3) is 0.455. The zero-order chi connectivity index (χ0) is 19.5. The van der Waals surface area contributed by atoms with E-state index in [9.17, 15) is 4.79 Å². The number of para-hydroxylation sites is 1. The molecule has 4 nitrogen and oxygen atoms in total. The monoisotopic (exact) mass is 415 g/mol. The third kappa shape index (κ3) is 4.02. The van der Waals surface area contributed by atoms with Gasteiger partial charge in [-0.05, 0) is 44.4 Å². The number of carbonyl (C=O) groups excluding carboxylic acids is 1. The Balaban J connectivity index is 1.40. The summed E-state index contributed by atoms with van der Waals surface area (Å²) < 4.78 is 1.03. The number of halogens is 1. The van der Waals surface area contributed by atoms with Gasteiger partial charge in [0.15, 0.2) is 0 Å². The van der Waals surface area contributed by atoms with Crippen molar-refractivity contribution in [1.82, 2.24) is 15.2 Å². The first-order chi connectivity index (χ1) is 13.7. The van der Waals surface area contributed by atoms with Crippen LogP contribution in [0, 0.1) is 0 Å². The molecule has 3 aromatic rings. The lowest BCUT2D eigenvalue weighted by atomic mass is 10.00. The van der Waals surface area contributed by atoms with Crippen LogP contribution in [0.2, 0.25) is 5.15 Å². The van der Waals surface area contributed by atoms with Gasteiger partial charge in [-0.2, -0.15) is 0 Å². The van der Waals surface area contributed by atoms with Gasteiger partial charge in [0, 0.05) is 34.6 Å².